The van der Waals surface area contributed by atoms with Crippen LogP contribution in [0, 0.1) is 0 Å². The molecule has 0 saturated heterocycles. The van der Waals surface area contributed by atoms with Crippen molar-refractivity contribution in [2.75, 3.05) is 5.32 Å². The number of hydrogen-bond acceptors (Lipinski definition) is 2. The van der Waals surface area contributed by atoms with Gasteiger partial charge in [-0.25, -0.2) is 0 Å². The Morgan fingerprint density at radius 3 is 2.94 bits per heavy atom. The first-order valence-electron chi connectivity index (χ1n) is 5.01. The highest BCUT2D eigenvalue weighted by Crippen LogP contribution is 2.15. The van der Waals surface area contributed by atoms with Gasteiger partial charge in [-0.15, -0.1) is 0 Å². The van der Waals surface area contributed by atoms with Gasteiger partial charge in [0.2, 0.25) is 5.91 Å². The van der Waals surface area contributed by atoms with E-state index in [1.165, 1.54) is 6.08 Å². The minimum absolute atomic E-state index is 0.130. The van der Waals surface area contributed by atoms with E-state index in [2.05, 4.69) is 21.2 Å². The van der Waals surface area contributed by atoms with Crippen molar-refractivity contribution < 1.29 is 4.79 Å². The van der Waals surface area contributed by atoms with E-state index in [1.807, 2.05) is 41.1 Å². The molecule has 2 nitrogen and oxygen atoms in total. The van der Waals surface area contributed by atoms with E-state index in [4.69, 9.17) is 0 Å². The molecule has 0 aliphatic rings. The third-order valence-corrected chi connectivity index (χ3v) is 3.26. The van der Waals surface area contributed by atoms with Crippen LogP contribution in [0.15, 0.2) is 51.6 Å². The summed E-state index contributed by atoms with van der Waals surface area (Å²) in [6, 6.07) is 9.46. The van der Waals surface area contributed by atoms with Gasteiger partial charge in [0, 0.05) is 16.2 Å². The summed E-state index contributed by atoms with van der Waals surface area (Å²) in [4.78, 5) is 11.6. The predicted molar refractivity (Wildman–Crippen MR) is 76.1 cm³/mol. The van der Waals surface area contributed by atoms with Crippen molar-refractivity contribution in [1.82, 2.24) is 0 Å². The Morgan fingerprint density at radius 1 is 1.35 bits per heavy atom. The van der Waals surface area contributed by atoms with Crippen molar-refractivity contribution in [3.8, 4) is 0 Å². The zero-order valence-corrected chi connectivity index (χ0v) is 11.3. The predicted octanol–water partition coefficient (Wildman–Crippen LogP) is 4.16. The summed E-state index contributed by atoms with van der Waals surface area (Å²) < 4.78 is 0.942. The maximum atomic E-state index is 11.6. The van der Waals surface area contributed by atoms with Crippen LogP contribution in [0.3, 0.4) is 0 Å². The largest absolute Gasteiger partial charge is 0.322 e. The van der Waals surface area contributed by atoms with Gasteiger partial charge in [0.1, 0.15) is 0 Å². The molecule has 1 aromatic heterocycles. The number of anilines is 1. The van der Waals surface area contributed by atoms with Gasteiger partial charge in [0.05, 0.1) is 0 Å². The second-order valence-electron chi connectivity index (χ2n) is 3.39. The summed E-state index contributed by atoms with van der Waals surface area (Å²) in [5.41, 5.74) is 1.82. The Kier molecular flexibility index (Phi) is 4.12. The molecule has 86 valence electrons. The molecule has 0 atom stereocenters. The first-order chi connectivity index (χ1) is 8.24. The van der Waals surface area contributed by atoms with Crippen LogP contribution in [0.1, 0.15) is 5.56 Å². The van der Waals surface area contributed by atoms with Crippen molar-refractivity contribution in [1.29, 1.82) is 0 Å². The molecule has 2 rings (SSSR count). The fourth-order valence-corrected chi connectivity index (χ4v) is 2.32. The minimum atomic E-state index is -0.130. The quantitative estimate of drug-likeness (QED) is 0.848. The van der Waals surface area contributed by atoms with Crippen LogP contribution in [0.25, 0.3) is 6.08 Å². The summed E-state index contributed by atoms with van der Waals surface area (Å²) >= 11 is 4.96. The Balaban J connectivity index is 1.98. The van der Waals surface area contributed by atoms with Gasteiger partial charge in [-0.3, -0.25) is 4.79 Å². The maximum absolute atomic E-state index is 11.6. The van der Waals surface area contributed by atoms with Gasteiger partial charge in [-0.2, -0.15) is 11.3 Å². The molecular weight excluding hydrogens is 298 g/mol. The van der Waals surface area contributed by atoms with Crippen molar-refractivity contribution in [2.24, 2.45) is 0 Å². The molecule has 0 fully saturated rings. The zero-order valence-electron chi connectivity index (χ0n) is 8.89. The van der Waals surface area contributed by atoms with Crippen molar-refractivity contribution in [3.63, 3.8) is 0 Å². The van der Waals surface area contributed by atoms with Crippen LogP contribution in [0.5, 0.6) is 0 Å². The molecule has 17 heavy (non-hydrogen) atoms. The molecule has 0 unspecified atom stereocenters. The summed E-state index contributed by atoms with van der Waals surface area (Å²) in [5.74, 6) is -0.130. The Bertz CT molecular complexity index is 534. The molecule has 4 heteroatoms. The van der Waals surface area contributed by atoms with Crippen LogP contribution in [-0.2, 0) is 4.79 Å². The number of halogens is 1. The van der Waals surface area contributed by atoms with E-state index in [-0.39, 0.29) is 5.91 Å². The number of amides is 1. The Morgan fingerprint density at radius 2 is 2.24 bits per heavy atom. The number of carbonyl (C=O) groups is 1. The van der Waals surface area contributed by atoms with Crippen LogP contribution >= 0.6 is 27.3 Å². The van der Waals surface area contributed by atoms with Crippen molar-refractivity contribution in [3.05, 3.63) is 57.2 Å². The molecular formula is C13H10BrNOS. The van der Waals surface area contributed by atoms with Gasteiger partial charge >= 0.3 is 0 Å². The number of thiophene rings is 1. The molecule has 1 N–H and O–H groups in total. The summed E-state index contributed by atoms with van der Waals surface area (Å²) in [7, 11) is 0. The molecule has 1 amide bonds. The average Bonchev–Trinajstić information content (AvgIpc) is 2.79. The first-order valence-corrected chi connectivity index (χ1v) is 6.74. The Labute approximate surface area is 112 Å². The SMILES string of the molecule is O=C(/C=C/c1ccsc1)Nc1cccc(Br)c1. The first kappa shape index (κ1) is 12.1. The second-order valence-corrected chi connectivity index (χ2v) is 5.09. The minimum Gasteiger partial charge on any atom is -0.322 e. The highest BCUT2D eigenvalue weighted by molar-refractivity contribution is 9.10. The third kappa shape index (κ3) is 3.84. The third-order valence-electron chi connectivity index (χ3n) is 2.06. The number of rotatable bonds is 3. The lowest BCUT2D eigenvalue weighted by Gasteiger charge is -2.01. The average molecular weight is 308 g/mol. The molecule has 0 aliphatic heterocycles. The number of nitrogens with one attached hydrogen (secondary N) is 1. The van der Waals surface area contributed by atoms with Crippen molar-refractivity contribution >= 4 is 44.9 Å². The normalized spacial score (nSPS) is 10.6. The van der Waals surface area contributed by atoms with E-state index < -0.39 is 0 Å². The summed E-state index contributed by atoms with van der Waals surface area (Å²) in [5, 5.41) is 6.76. The molecule has 0 radical (unpaired) electrons. The zero-order chi connectivity index (χ0) is 12.1. The fraction of sp³-hybridized carbons (Fsp3) is 0. The molecule has 0 saturated carbocycles. The molecule has 2 aromatic rings. The monoisotopic (exact) mass is 307 g/mol. The molecule has 0 aliphatic carbocycles. The number of benzene rings is 1. The van der Waals surface area contributed by atoms with E-state index >= 15 is 0 Å². The fourth-order valence-electron chi connectivity index (χ4n) is 1.29. The summed E-state index contributed by atoms with van der Waals surface area (Å²) in [6.45, 7) is 0. The lowest BCUT2D eigenvalue weighted by atomic mass is 10.3. The molecule has 0 bridgehead atoms. The topological polar surface area (TPSA) is 29.1 Å². The second kappa shape index (κ2) is 5.80. The van der Waals surface area contributed by atoms with E-state index in [9.17, 15) is 4.79 Å². The van der Waals surface area contributed by atoms with Gasteiger partial charge in [-0.05, 0) is 46.7 Å². The smallest absolute Gasteiger partial charge is 0.248 e. The molecule has 0 spiro atoms. The standard InChI is InChI=1S/C13H10BrNOS/c14-11-2-1-3-12(8-11)15-13(16)5-4-10-6-7-17-9-10/h1-9H,(H,15,16)/b5-4+. The van der Waals surface area contributed by atoms with Crippen LogP contribution in [0.4, 0.5) is 5.69 Å². The van der Waals surface area contributed by atoms with Crippen LogP contribution in [-0.4, -0.2) is 5.91 Å². The van der Waals surface area contributed by atoms with Gasteiger partial charge < -0.3 is 5.32 Å². The van der Waals surface area contributed by atoms with Crippen molar-refractivity contribution in [2.45, 2.75) is 0 Å². The molecule has 1 heterocycles. The van der Waals surface area contributed by atoms with Gasteiger partial charge in [-0.1, -0.05) is 22.0 Å². The van der Waals surface area contributed by atoms with E-state index in [0.29, 0.717) is 0 Å². The summed E-state index contributed by atoms with van der Waals surface area (Å²) in [6.07, 6.45) is 3.33. The van der Waals surface area contributed by atoms with Crippen LogP contribution < -0.4 is 5.32 Å². The highest BCUT2D eigenvalue weighted by atomic mass is 79.9. The Hall–Kier alpha value is -1.39. The van der Waals surface area contributed by atoms with Crippen LogP contribution in [0.2, 0.25) is 0 Å². The lowest BCUT2D eigenvalue weighted by Crippen LogP contribution is -2.07. The lowest BCUT2D eigenvalue weighted by molar-refractivity contribution is -0.111. The maximum Gasteiger partial charge on any atom is 0.248 e. The van der Waals surface area contributed by atoms with Gasteiger partial charge in [0.25, 0.3) is 0 Å². The molecule has 1 aromatic carbocycles. The number of carbonyl (C=O) groups excluding carboxylic acids is 1. The number of hydrogen-bond donors (Lipinski definition) is 1. The van der Waals surface area contributed by atoms with Gasteiger partial charge in [0.15, 0.2) is 0 Å². The van der Waals surface area contributed by atoms with E-state index in [0.717, 1.165) is 15.7 Å². The highest BCUT2D eigenvalue weighted by Gasteiger charge is 1.98. The van der Waals surface area contributed by atoms with E-state index in [1.54, 1.807) is 17.4 Å².